The summed E-state index contributed by atoms with van der Waals surface area (Å²) in [5.41, 5.74) is 7.24. The fourth-order valence-corrected chi connectivity index (χ4v) is 7.71. The number of rotatable bonds is 18. The monoisotopic (exact) mass is 965 g/mol. The van der Waals surface area contributed by atoms with Crippen LogP contribution in [0.5, 0.6) is 23.0 Å². The van der Waals surface area contributed by atoms with Crippen molar-refractivity contribution in [2.45, 2.75) is 118 Å². The van der Waals surface area contributed by atoms with Gasteiger partial charge in [0.25, 0.3) is 0 Å². The molecular formula is C66H76O6. The zero-order valence-corrected chi connectivity index (χ0v) is 43.7. The minimum absolute atomic E-state index is 0.101. The molecule has 8 rings (SSSR count). The average molecular weight is 965 g/mol. The Morgan fingerprint density at radius 2 is 0.792 bits per heavy atom. The minimum Gasteiger partial charge on any atom is -0.508 e. The summed E-state index contributed by atoms with van der Waals surface area (Å²) >= 11 is 0. The molecule has 0 saturated carbocycles. The third kappa shape index (κ3) is 18.9. The molecule has 72 heavy (non-hydrogen) atoms. The van der Waals surface area contributed by atoms with Crippen molar-refractivity contribution >= 4 is 33.7 Å². The predicted molar refractivity (Wildman–Crippen MR) is 303 cm³/mol. The summed E-state index contributed by atoms with van der Waals surface area (Å²) in [6, 6.07) is 60.4. The van der Waals surface area contributed by atoms with E-state index in [0.29, 0.717) is 29.8 Å². The van der Waals surface area contributed by atoms with Crippen LogP contribution < -0.4 is 9.47 Å². The van der Waals surface area contributed by atoms with Gasteiger partial charge in [-0.05, 0) is 162 Å². The molecule has 6 nitrogen and oxygen atoms in total. The molecule has 0 spiro atoms. The van der Waals surface area contributed by atoms with Crippen LogP contribution >= 0.6 is 0 Å². The van der Waals surface area contributed by atoms with Gasteiger partial charge in [-0.15, -0.1) is 0 Å². The van der Waals surface area contributed by atoms with Gasteiger partial charge in [-0.25, -0.2) is 0 Å². The second-order valence-corrected chi connectivity index (χ2v) is 18.6. The molecule has 0 amide bonds. The lowest BCUT2D eigenvalue weighted by atomic mass is 9.96. The van der Waals surface area contributed by atoms with Gasteiger partial charge >= 0.3 is 0 Å². The Labute approximate surface area is 430 Å². The molecule has 376 valence electrons. The molecule has 8 aromatic carbocycles. The van der Waals surface area contributed by atoms with Gasteiger partial charge in [0, 0.05) is 12.8 Å². The number of phenolic OH excluding ortho intramolecular Hbond substituents is 2. The third-order valence-corrected chi connectivity index (χ3v) is 12.2. The number of phenols is 2. The molecule has 0 aliphatic carbocycles. The van der Waals surface area contributed by atoms with Gasteiger partial charge in [-0.3, -0.25) is 0 Å². The van der Waals surface area contributed by atoms with E-state index < -0.39 is 0 Å². The number of ether oxygens (including phenoxy) is 4. The van der Waals surface area contributed by atoms with Crippen molar-refractivity contribution in [3.63, 3.8) is 0 Å². The van der Waals surface area contributed by atoms with E-state index in [0.717, 1.165) is 47.3 Å². The lowest BCUT2D eigenvalue weighted by Crippen LogP contribution is -2.26. The largest absolute Gasteiger partial charge is 0.508 e. The summed E-state index contributed by atoms with van der Waals surface area (Å²) in [4.78, 5) is 0. The zero-order valence-electron chi connectivity index (χ0n) is 43.7. The first kappa shape index (κ1) is 55.8. The Hall–Kier alpha value is -7.12. The highest BCUT2D eigenvalue weighted by Crippen LogP contribution is 2.29. The molecule has 4 atom stereocenters. The Bertz CT molecular complexity index is 2820. The van der Waals surface area contributed by atoms with Gasteiger partial charge in [-0.1, -0.05) is 180 Å². The highest BCUT2D eigenvalue weighted by molar-refractivity contribution is 5.86. The quantitative estimate of drug-likeness (QED) is 0.0835. The van der Waals surface area contributed by atoms with Crippen molar-refractivity contribution in [3.05, 3.63) is 229 Å². The molecule has 4 unspecified atom stereocenters. The molecule has 0 heterocycles. The summed E-state index contributed by atoms with van der Waals surface area (Å²) in [7, 11) is 0. The van der Waals surface area contributed by atoms with Crippen LogP contribution in [0.3, 0.4) is 0 Å². The third-order valence-electron chi connectivity index (χ3n) is 12.2. The van der Waals surface area contributed by atoms with Crippen LogP contribution in [0.4, 0.5) is 0 Å². The van der Waals surface area contributed by atoms with E-state index in [9.17, 15) is 0 Å². The van der Waals surface area contributed by atoms with Gasteiger partial charge in [-0.2, -0.15) is 0 Å². The molecule has 0 aromatic heterocycles. The van der Waals surface area contributed by atoms with E-state index in [2.05, 4.69) is 126 Å². The molecule has 8 aromatic rings. The second-order valence-electron chi connectivity index (χ2n) is 18.6. The summed E-state index contributed by atoms with van der Waals surface area (Å²) in [6.45, 7) is 24.4. The van der Waals surface area contributed by atoms with E-state index in [1.807, 2.05) is 107 Å². The minimum atomic E-state index is -0.313. The van der Waals surface area contributed by atoms with Gasteiger partial charge in [0.1, 0.15) is 23.0 Å². The molecule has 0 saturated heterocycles. The van der Waals surface area contributed by atoms with E-state index in [4.69, 9.17) is 29.2 Å². The van der Waals surface area contributed by atoms with Gasteiger partial charge in [0.2, 0.25) is 12.6 Å². The Balaban J connectivity index is 0.000000195. The van der Waals surface area contributed by atoms with Crippen molar-refractivity contribution < 1.29 is 29.2 Å². The number of hydrogen-bond donors (Lipinski definition) is 2. The predicted octanol–water partition coefficient (Wildman–Crippen LogP) is 17.5. The average Bonchev–Trinajstić information content (AvgIpc) is 3.39. The lowest BCUT2D eigenvalue weighted by Gasteiger charge is -2.22. The number of hydrogen-bond acceptors (Lipinski definition) is 6. The number of benzene rings is 8. The summed E-state index contributed by atoms with van der Waals surface area (Å²) in [5, 5.41) is 22.6. The number of aromatic hydroxyl groups is 2. The fraction of sp³-hybridized carbons (Fsp3) is 0.273. The van der Waals surface area contributed by atoms with E-state index >= 15 is 0 Å². The SMILES string of the molecule is C=Cc1ccc(O)cc1.C=Cc1ccc2cc(OC(Cc3ccccc3)OC(C)C)ccc2c1.CCC(C)c1ccc(O)cc1.CCC(C)c1ccc2cc(OC(Cc3ccccc3)OC(C)C)ccc2c1. The highest BCUT2D eigenvalue weighted by Gasteiger charge is 2.16. The van der Waals surface area contributed by atoms with E-state index in [-0.39, 0.29) is 24.8 Å². The molecule has 0 aliphatic heterocycles. The number of fused-ring (bicyclic) bond motifs is 2. The van der Waals surface area contributed by atoms with Crippen LogP contribution in [0.1, 0.15) is 113 Å². The molecule has 0 radical (unpaired) electrons. The normalized spacial score (nSPS) is 12.5. The van der Waals surface area contributed by atoms with E-state index in [1.165, 1.54) is 38.4 Å². The summed E-state index contributed by atoms with van der Waals surface area (Å²) < 4.78 is 24.3. The molecule has 6 heteroatoms. The first-order valence-corrected chi connectivity index (χ1v) is 25.4. The van der Waals surface area contributed by atoms with Crippen LogP contribution in [0.25, 0.3) is 33.7 Å². The van der Waals surface area contributed by atoms with Crippen molar-refractivity contribution in [3.8, 4) is 23.0 Å². The Morgan fingerprint density at radius 3 is 1.24 bits per heavy atom. The van der Waals surface area contributed by atoms with Gasteiger partial charge in [0.15, 0.2) is 0 Å². The smallest absolute Gasteiger partial charge is 0.204 e. The second kappa shape index (κ2) is 29.3. The topological polar surface area (TPSA) is 77.4 Å². The van der Waals surface area contributed by atoms with E-state index in [1.54, 1.807) is 30.3 Å². The Kier molecular flexibility index (Phi) is 22.7. The molecule has 0 bridgehead atoms. The van der Waals surface area contributed by atoms with Gasteiger partial charge < -0.3 is 29.2 Å². The highest BCUT2D eigenvalue weighted by atomic mass is 16.7. The fourth-order valence-electron chi connectivity index (χ4n) is 7.71. The maximum atomic E-state index is 9.01. The standard InChI is InChI=1S/C25H30O2.C23H24O2.C10H14O.C8H8O/c1-5-19(4)21-11-12-23-17-24(14-13-22(23)16-21)27-25(26-18(2)3)15-20-9-7-6-8-10-20;1-4-18-10-11-21-16-22(13-12-20(21)14-18)25-23(24-17(2)3)15-19-8-6-5-7-9-19;1-3-8(2)9-4-6-10(11)7-5-9;1-2-7-3-5-8(9)6-4-7/h6-14,16-19,25H,5,15H2,1-4H3;4-14,16-17,23H,1,15H2,2-3H3;4-8,11H,3H2,1-2H3;2-6,9H,1H2. The van der Waals surface area contributed by atoms with Crippen molar-refractivity contribution in [1.29, 1.82) is 0 Å². The molecular weight excluding hydrogens is 889 g/mol. The Morgan fingerprint density at radius 1 is 0.417 bits per heavy atom. The van der Waals surface area contributed by atoms with Crippen LogP contribution in [-0.2, 0) is 22.3 Å². The maximum absolute atomic E-state index is 9.01. The molecule has 2 N–H and O–H groups in total. The van der Waals surface area contributed by atoms with Crippen LogP contribution in [0.2, 0.25) is 0 Å². The van der Waals surface area contributed by atoms with Crippen molar-refractivity contribution in [2.24, 2.45) is 0 Å². The molecule has 0 fully saturated rings. The lowest BCUT2D eigenvalue weighted by molar-refractivity contribution is -0.107. The van der Waals surface area contributed by atoms with Crippen molar-refractivity contribution in [2.75, 3.05) is 0 Å². The first-order valence-electron chi connectivity index (χ1n) is 25.4. The zero-order chi connectivity index (χ0) is 51.8. The molecule has 0 aliphatic rings. The summed E-state index contributed by atoms with van der Waals surface area (Å²) in [5.74, 6) is 3.48. The van der Waals surface area contributed by atoms with Gasteiger partial charge in [0.05, 0.1) is 12.2 Å². The van der Waals surface area contributed by atoms with Crippen LogP contribution in [0, 0.1) is 0 Å². The summed E-state index contributed by atoms with van der Waals surface area (Å²) in [6.07, 6.45) is 6.93. The van der Waals surface area contributed by atoms with Crippen molar-refractivity contribution in [1.82, 2.24) is 0 Å². The van der Waals surface area contributed by atoms with Crippen LogP contribution in [-0.4, -0.2) is 35.0 Å². The maximum Gasteiger partial charge on any atom is 0.204 e. The van der Waals surface area contributed by atoms with Crippen LogP contribution in [0.15, 0.2) is 195 Å². The first-order chi connectivity index (χ1) is 34.7.